The summed E-state index contributed by atoms with van der Waals surface area (Å²) >= 11 is 0. The maximum Gasteiger partial charge on any atom is 0.306 e. The fourth-order valence-corrected chi connectivity index (χ4v) is 7.38. The first kappa shape index (κ1) is 53.4. The summed E-state index contributed by atoms with van der Waals surface area (Å²) in [5.74, 6) is -0.846. The smallest absolute Gasteiger partial charge is 0.306 e. The zero-order valence-corrected chi connectivity index (χ0v) is 37.2. The Morgan fingerprint density at radius 3 is 0.727 bits per heavy atom. The maximum absolute atomic E-state index is 12.7. The fraction of sp³-hybridized carbons (Fsp3) is 0.939. The largest absolute Gasteiger partial charge is 0.462 e. The van der Waals surface area contributed by atoms with Gasteiger partial charge in [0.2, 0.25) is 0 Å². The van der Waals surface area contributed by atoms with Crippen LogP contribution >= 0.6 is 0 Å². The molecule has 0 spiro atoms. The summed E-state index contributed by atoms with van der Waals surface area (Å²) in [7, 11) is 0. The SMILES string of the molecule is CCCCCCCCCCCCCCCCC(=O)O[C@@H](COC(=O)CCCCCCCCCCCC)COC(=O)CCCCCCCCCCCCCCC. The van der Waals surface area contributed by atoms with Gasteiger partial charge in [-0.25, -0.2) is 0 Å². The van der Waals surface area contributed by atoms with Gasteiger partial charge in [-0.2, -0.15) is 0 Å². The van der Waals surface area contributed by atoms with Crippen LogP contribution in [0.3, 0.4) is 0 Å². The molecule has 0 aliphatic rings. The molecule has 55 heavy (non-hydrogen) atoms. The lowest BCUT2D eigenvalue weighted by atomic mass is 10.0. The van der Waals surface area contributed by atoms with Crippen LogP contribution in [0, 0.1) is 0 Å². The molecule has 0 aromatic heterocycles. The Balaban J connectivity index is 4.30. The predicted octanol–water partition coefficient (Wildman–Crippen LogP) is 15.6. The third-order valence-electron chi connectivity index (χ3n) is 11.1. The third-order valence-corrected chi connectivity index (χ3v) is 11.1. The summed E-state index contributed by atoms with van der Waals surface area (Å²) < 4.78 is 16.8. The van der Waals surface area contributed by atoms with Crippen LogP contribution < -0.4 is 0 Å². The monoisotopic (exact) mass is 779 g/mol. The number of ether oxygens (including phenoxy) is 3. The Hall–Kier alpha value is -1.59. The molecular formula is C49H94O6. The Kier molecular flexibility index (Phi) is 43.8. The maximum atomic E-state index is 12.7. The molecule has 0 aliphatic heterocycles. The van der Waals surface area contributed by atoms with E-state index >= 15 is 0 Å². The van der Waals surface area contributed by atoms with Crippen LogP contribution in [0.1, 0.15) is 278 Å². The van der Waals surface area contributed by atoms with Crippen molar-refractivity contribution in [3.05, 3.63) is 0 Å². The van der Waals surface area contributed by atoms with Crippen LogP contribution in [-0.4, -0.2) is 37.2 Å². The molecule has 0 saturated carbocycles. The van der Waals surface area contributed by atoms with Crippen LogP contribution in [-0.2, 0) is 28.6 Å². The van der Waals surface area contributed by atoms with Crippen molar-refractivity contribution >= 4 is 17.9 Å². The minimum absolute atomic E-state index is 0.0622. The topological polar surface area (TPSA) is 78.9 Å². The zero-order chi connectivity index (χ0) is 40.1. The van der Waals surface area contributed by atoms with E-state index < -0.39 is 6.10 Å². The third kappa shape index (κ3) is 43.4. The van der Waals surface area contributed by atoms with E-state index in [2.05, 4.69) is 20.8 Å². The van der Waals surface area contributed by atoms with Crippen molar-refractivity contribution < 1.29 is 28.6 Å². The average molecular weight is 779 g/mol. The number of unbranched alkanes of at least 4 members (excludes halogenated alkanes) is 34. The van der Waals surface area contributed by atoms with Crippen molar-refractivity contribution in [1.82, 2.24) is 0 Å². The predicted molar refractivity (Wildman–Crippen MR) is 233 cm³/mol. The summed E-state index contributed by atoms with van der Waals surface area (Å²) in [5, 5.41) is 0. The molecular weight excluding hydrogens is 685 g/mol. The number of carbonyl (C=O) groups excluding carboxylic acids is 3. The lowest BCUT2D eigenvalue weighted by Crippen LogP contribution is -2.30. The van der Waals surface area contributed by atoms with E-state index in [1.807, 2.05) is 0 Å². The summed E-state index contributed by atoms with van der Waals surface area (Å²) in [6, 6.07) is 0. The normalized spacial score (nSPS) is 11.8. The Labute approximate surface area is 342 Å². The first-order valence-electron chi connectivity index (χ1n) is 24.5. The van der Waals surface area contributed by atoms with Gasteiger partial charge in [0.15, 0.2) is 6.10 Å². The standard InChI is InChI=1S/C49H94O6/c1-4-7-10-13-16-19-22-24-26-28-31-34-37-40-43-49(52)55-46(44-53-47(50)41-38-35-32-29-21-18-15-12-9-6-3)45-54-48(51)42-39-36-33-30-27-25-23-20-17-14-11-8-5-2/h46H,4-45H2,1-3H3/t46-/m0/s1. The van der Waals surface area contributed by atoms with Gasteiger partial charge < -0.3 is 14.2 Å². The van der Waals surface area contributed by atoms with Gasteiger partial charge in [-0.1, -0.05) is 239 Å². The highest BCUT2D eigenvalue weighted by molar-refractivity contribution is 5.71. The molecule has 0 unspecified atom stereocenters. The highest BCUT2D eigenvalue weighted by Crippen LogP contribution is 2.16. The highest BCUT2D eigenvalue weighted by Gasteiger charge is 2.19. The summed E-state index contributed by atoms with van der Waals surface area (Å²) in [5.41, 5.74) is 0. The number of hydrogen-bond donors (Lipinski definition) is 0. The molecule has 0 rings (SSSR count). The van der Waals surface area contributed by atoms with Crippen molar-refractivity contribution in [2.45, 2.75) is 284 Å². The Bertz CT molecular complexity index is 813. The summed E-state index contributed by atoms with van der Waals surface area (Å²) in [6.07, 6.45) is 46.5. The fourth-order valence-electron chi connectivity index (χ4n) is 7.38. The van der Waals surface area contributed by atoms with Crippen molar-refractivity contribution in [3.63, 3.8) is 0 Å². The second-order valence-corrected chi connectivity index (χ2v) is 16.7. The number of rotatable bonds is 45. The second-order valence-electron chi connectivity index (χ2n) is 16.7. The van der Waals surface area contributed by atoms with Crippen LogP contribution in [0.5, 0.6) is 0 Å². The van der Waals surface area contributed by atoms with E-state index in [1.54, 1.807) is 0 Å². The van der Waals surface area contributed by atoms with E-state index in [9.17, 15) is 14.4 Å². The second kappa shape index (κ2) is 45.1. The van der Waals surface area contributed by atoms with Crippen LogP contribution in [0.15, 0.2) is 0 Å². The van der Waals surface area contributed by atoms with Gasteiger partial charge in [-0.3, -0.25) is 14.4 Å². The van der Waals surface area contributed by atoms with Gasteiger partial charge in [0.1, 0.15) is 13.2 Å². The molecule has 0 saturated heterocycles. The molecule has 0 aromatic rings. The van der Waals surface area contributed by atoms with Gasteiger partial charge in [-0.05, 0) is 19.3 Å². The van der Waals surface area contributed by atoms with E-state index in [4.69, 9.17) is 14.2 Å². The molecule has 326 valence electrons. The van der Waals surface area contributed by atoms with E-state index in [-0.39, 0.29) is 31.1 Å². The van der Waals surface area contributed by atoms with Crippen molar-refractivity contribution in [3.8, 4) is 0 Å². The molecule has 0 radical (unpaired) electrons. The van der Waals surface area contributed by atoms with Crippen LogP contribution in [0.25, 0.3) is 0 Å². The number of carbonyl (C=O) groups is 3. The van der Waals surface area contributed by atoms with Gasteiger partial charge in [0, 0.05) is 19.3 Å². The van der Waals surface area contributed by atoms with Crippen LogP contribution in [0.2, 0.25) is 0 Å². The molecule has 0 N–H and O–H groups in total. The van der Waals surface area contributed by atoms with Crippen molar-refractivity contribution in [2.75, 3.05) is 13.2 Å². The first-order valence-corrected chi connectivity index (χ1v) is 24.5. The quantitative estimate of drug-likeness (QED) is 0.0348. The number of hydrogen-bond acceptors (Lipinski definition) is 6. The van der Waals surface area contributed by atoms with Gasteiger partial charge in [0.25, 0.3) is 0 Å². The van der Waals surface area contributed by atoms with Gasteiger partial charge in [-0.15, -0.1) is 0 Å². The van der Waals surface area contributed by atoms with Gasteiger partial charge >= 0.3 is 17.9 Å². The number of esters is 3. The zero-order valence-electron chi connectivity index (χ0n) is 37.2. The highest BCUT2D eigenvalue weighted by atomic mass is 16.6. The molecule has 0 aliphatic carbocycles. The molecule has 6 nitrogen and oxygen atoms in total. The molecule has 1 atom stereocenters. The summed E-state index contributed by atoms with van der Waals surface area (Å²) in [6.45, 7) is 6.66. The van der Waals surface area contributed by atoms with E-state index in [0.717, 1.165) is 57.8 Å². The molecule has 0 heterocycles. The van der Waals surface area contributed by atoms with Crippen molar-refractivity contribution in [1.29, 1.82) is 0 Å². The van der Waals surface area contributed by atoms with E-state index in [1.165, 1.54) is 180 Å². The summed E-state index contributed by atoms with van der Waals surface area (Å²) in [4.78, 5) is 37.8. The molecule has 0 aromatic carbocycles. The first-order chi connectivity index (χ1) is 27.0. The van der Waals surface area contributed by atoms with E-state index in [0.29, 0.717) is 19.3 Å². The van der Waals surface area contributed by atoms with Gasteiger partial charge in [0.05, 0.1) is 0 Å². The molecule has 0 amide bonds. The lowest BCUT2D eigenvalue weighted by molar-refractivity contribution is -0.167. The van der Waals surface area contributed by atoms with Crippen LogP contribution in [0.4, 0.5) is 0 Å². The van der Waals surface area contributed by atoms with Crippen molar-refractivity contribution in [2.24, 2.45) is 0 Å². The molecule has 0 bridgehead atoms. The minimum atomic E-state index is -0.758. The average Bonchev–Trinajstić information content (AvgIpc) is 3.18. The molecule has 6 heteroatoms. The Morgan fingerprint density at radius 1 is 0.291 bits per heavy atom. The molecule has 0 fully saturated rings. The lowest BCUT2D eigenvalue weighted by Gasteiger charge is -2.18. The Morgan fingerprint density at radius 2 is 0.491 bits per heavy atom. The minimum Gasteiger partial charge on any atom is -0.462 e.